The highest BCUT2D eigenvalue weighted by molar-refractivity contribution is 7.13. The number of thiophene rings is 1. The molecule has 0 saturated carbocycles. The Labute approximate surface area is 161 Å². The van der Waals surface area contributed by atoms with Crippen LogP contribution in [0.25, 0.3) is 0 Å². The molecule has 0 aliphatic carbocycles. The summed E-state index contributed by atoms with van der Waals surface area (Å²) in [5, 5.41) is 10.8. The average molecular weight is 393 g/mol. The van der Waals surface area contributed by atoms with E-state index in [0.29, 0.717) is 43.3 Å². The second-order valence-corrected chi connectivity index (χ2v) is 8.22. The van der Waals surface area contributed by atoms with Gasteiger partial charge >= 0.3 is 0 Å². The lowest BCUT2D eigenvalue weighted by Crippen LogP contribution is -2.48. The molecule has 1 N–H and O–H groups in total. The first-order chi connectivity index (χ1) is 12.3. The van der Waals surface area contributed by atoms with Crippen LogP contribution in [0, 0.1) is 6.92 Å². The summed E-state index contributed by atoms with van der Waals surface area (Å²) in [6.45, 7) is 6.58. The number of ketones is 1. The molecular weight excluding hydrogens is 372 g/mol. The molecule has 1 aromatic carbocycles. The minimum atomic E-state index is -0.215. The Morgan fingerprint density at radius 3 is 2.46 bits per heavy atom. The van der Waals surface area contributed by atoms with Gasteiger partial charge in [-0.1, -0.05) is 11.6 Å². The summed E-state index contributed by atoms with van der Waals surface area (Å²) in [6, 6.07) is 7.02. The molecular formula is C19H21ClN2O3S. The van der Waals surface area contributed by atoms with Crippen LogP contribution < -0.4 is 0 Å². The van der Waals surface area contributed by atoms with Gasteiger partial charge in [0.1, 0.15) is 5.75 Å². The summed E-state index contributed by atoms with van der Waals surface area (Å²) in [7, 11) is 0. The number of hydrogen-bond acceptors (Lipinski definition) is 5. The first kappa shape index (κ1) is 18.9. The van der Waals surface area contributed by atoms with Gasteiger partial charge in [0, 0.05) is 48.2 Å². The molecule has 7 heteroatoms. The number of piperazine rings is 1. The van der Waals surface area contributed by atoms with E-state index in [1.165, 1.54) is 24.3 Å². The number of hydrogen-bond donors (Lipinski definition) is 1. The van der Waals surface area contributed by atoms with Crippen molar-refractivity contribution in [1.29, 1.82) is 0 Å². The van der Waals surface area contributed by atoms with Gasteiger partial charge in [0.15, 0.2) is 5.78 Å². The fourth-order valence-electron chi connectivity index (χ4n) is 3.10. The smallest absolute Gasteiger partial charge is 0.264 e. The molecule has 2 heterocycles. The molecule has 2 aromatic rings. The second-order valence-electron chi connectivity index (χ2n) is 6.50. The van der Waals surface area contributed by atoms with Gasteiger partial charge in [0.2, 0.25) is 0 Å². The van der Waals surface area contributed by atoms with E-state index in [2.05, 4.69) is 4.90 Å². The number of nitrogens with zero attached hydrogens (tertiary/aromatic N) is 2. The number of Topliss-reactive ketones (excluding diaryl/α,β-unsaturated/α-hetero) is 1. The third-order valence-corrected chi connectivity index (χ3v) is 5.74. The van der Waals surface area contributed by atoms with E-state index in [4.69, 9.17) is 11.6 Å². The van der Waals surface area contributed by atoms with E-state index in [-0.39, 0.29) is 23.0 Å². The number of halogens is 1. The van der Waals surface area contributed by atoms with E-state index < -0.39 is 0 Å². The zero-order chi connectivity index (χ0) is 18.8. The normalized spacial score (nSPS) is 15.3. The lowest BCUT2D eigenvalue weighted by Gasteiger charge is -2.34. The number of aromatic hydroxyl groups is 1. The number of phenols is 1. The third kappa shape index (κ3) is 4.09. The Balaban J connectivity index is 1.64. The van der Waals surface area contributed by atoms with Crippen molar-refractivity contribution < 1.29 is 14.7 Å². The maximum absolute atomic E-state index is 12.5. The zero-order valence-corrected chi connectivity index (χ0v) is 16.4. The Morgan fingerprint density at radius 1 is 1.19 bits per heavy atom. The molecule has 1 aromatic heterocycles. The first-order valence-electron chi connectivity index (χ1n) is 8.45. The van der Waals surface area contributed by atoms with Gasteiger partial charge in [-0.2, -0.15) is 0 Å². The first-order valence-corrected chi connectivity index (χ1v) is 9.65. The van der Waals surface area contributed by atoms with Crippen LogP contribution in [0.5, 0.6) is 5.75 Å². The van der Waals surface area contributed by atoms with E-state index >= 15 is 0 Å². The molecule has 0 bridgehead atoms. The SMILES string of the molecule is CC(=O)c1cc(Cl)cc(CN2CCN(C(=O)c3ccc(C)s3)CC2)c1O. The Morgan fingerprint density at radius 2 is 1.88 bits per heavy atom. The maximum atomic E-state index is 12.5. The molecule has 3 rings (SSSR count). The molecule has 1 saturated heterocycles. The summed E-state index contributed by atoms with van der Waals surface area (Å²) >= 11 is 7.60. The number of aryl methyl sites for hydroxylation is 1. The van der Waals surface area contributed by atoms with Crippen LogP contribution in [-0.4, -0.2) is 52.8 Å². The molecule has 1 amide bonds. The number of carbonyl (C=O) groups excluding carboxylic acids is 2. The van der Waals surface area contributed by atoms with Crippen molar-refractivity contribution in [3.63, 3.8) is 0 Å². The predicted molar refractivity (Wildman–Crippen MR) is 103 cm³/mol. The van der Waals surface area contributed by atoms with Crippen molar-refractivity contribution in [2.75, 3.05) is 26.2 Å². The monoisotopic (exact) mass is 392 g/mol. The van der Waals surface area contributed by atoms with Crippen LogP contribution in [0.2, 0.25) is 5.02 Å². The van der Waals surface area contributed by atoms with Gasteiger partial charge in [-0.05, 0) is 38.1 Å². The molecule has 1 aliphatic heterocycles. The molecule has 1 aliphatic rings. The lowest BCUT2D eigenvalue weighted by molar-refractivity contribution is 0.0631. The number of benzene rings is 1. The van der Waals surface area contributed by atoms with E-state index in [0.717, 1.165) is 9.75 Å². The Hall–Kier alpha value is -1.89. The molecule has 0 unspecified atom stereocenters. The van der Waals surface area contributed by atoms with Gasteiger partial charge in [0.25, 0.3) is 5.91 Å². The van der Waals surface area contributed by atoms with Crippen molar-refractivity contribution in [3.05, 3.63) is 50.2 Å². The van der Waals surface area contributed by atoms with Crippen molar-refractivity contribution >= 4 is 34.6 Å². The van der Waals surface area contributed by atoms with Crippen LogP contribution >= 0.6 is 22.9 Å². The van der Waals surface area contributed by atoms with Gasteiger partial charge in [-0.25, -0.2) is 0 Å². The molecule has 0 spiro atoms. The molecule has 138 valence electrons. The molecule has 5 nitrogen and oxygen atoms in total. The standard InChI is InChI=1S/C19H21ClN2O3S/c1-12-3-4-17(26-12)19(25)22-7-5-21(6-8-22)11-14-9-15(20)10-16(13(2)23)18(14)24/h3-4,9-10,24H,5-8,11H2,1-2H3. The summed E-state index contributed by atoms with van der Waals surface area (Å²) in [5.41, 5.74) is 0.880. The number of amides is 1. The predicted octanol–water partition coefficient (Wildman–Crippen LogP) is 3.58. The minimum absolute atomic E-state index is 0.00512. The van der Waals surface area contributed by atoms with Crippen molar-refractivity contribution in [2.45, 2.75) is 20.4 Å². The van der Waals surface area contributed by atoms with Crippen LogP contribution in [-0.2, 0) is 6.54 Å². The average Bonchev–Trinajstić information content (AvgIpc) is 3.04. The van der Waals surface area contributed by atoms with Crippen LogP contribution in [0.4, 0.5) is 0 Å². The molecule has 0 atom stereocenters. The Kier molecular flexibility index (Phi) is 5.65. The van der Waals surface area contributed by atoms with Crippen LogP contribution in [0.1, 0.15) is 37.4 Å². The van der Waals surface area contributed by atoms with E-state index in [9.17, 15) is 14.7 Å². The highest BCUT2D eigenvalue weighted by Gasteiger charge is 2.24. The maximum Gasteiger partial charge on any atom is 0.264 e. The summed E-state index contributed by atoms with van der Waals surface area (Å²) in [6.07, 6.45) is 0. The van der Waals surface area contributed by atoms with Gasteiger partial charge in [-0.3, -0.25) is 14.5 Å². The molecule has 26 heavy (non-hydrogen) atoms. The van der Waals surface area contributed by atoms with E-state index in [1.54, 1.807) is 6.07 Å². The quantitative estimate of drug-likeness (QED) is 0.808. The highest BCUT2D eigenvalue weighted by atomic mass is 35.5. The second kappa shape index (κ2) is 7.78. The fourth-order valence-corrected chi connectivity index (χ4v) is 4.18. The largest absolute Gasteiger partial charge is 0.507 e. The summed E-state index contributed by atoms with van der Waals surface area (Å²) in [4.78, 5) is 30.1. The van der Waals surface area contributed by atoms with Crippen molar-refractivity contribution in [3.8, 4) is 5.75 Å². The van der Waals surface area contributed by atoms with Gasteiger partial charge in [0.05, 0.1) is 10.4 Å². The van der Waals surface area contributed by atoms with E-state index in [1.807, 2.05) is 24.0 Å². The summed E-state index contributed by atoms with van der Waals surface area (Å²) < 4.78 is 0. The fraction of sp³-hybridized carbons (Fsp3) is 0.368. The number of carbonyl (C=O) groups is 2. The van der Waals surface area contributed by atoms with Crippen molar-refractivity contribution in [1.82, 2.24) is 9.80 Å². The Bertz CT molecular complexity index is 841. The highest BCUT2D eigenvalue weighted by Crippen LogP contribution is 2.29. The van der Waals surface area contributed by atoms with Gasteiger partial charge in [-0.15, -0.1) is 11.3 Å². The molecule has 0 radical (unpaired) electrons. The lowest BCUT2D eigenvalue weighted by atomic mass is 10.0. The molecule has 1 fully saturated rings. The van der Waals surface area contributed by atoms with Crippen LogP contribution in [0.15, 0.2) is 24.3 Å². The zero-order valence-electron chi connectivity index (χ0n) is 14.8. The summed E-state index contributed by atoms with van der Waals surface area (Å²) in [5.74, 6) is -0.144. The number of phenolic OH excluding ortho intramolecular Hbond substituents is 1. The minimum Gasteiger partial charge on any atom is -0.507 e. The van der Waals surface area contributed by atoms with Crippen molar-refractivity contribution in [2.24, 2.45) is 0 Å². The van der Waals surface area contributed by atoms with Gasteiger partial charge < -0.3 is 10.0 Å². The topological polar surface area (TPSA) is 60.9 Å². The number of rotatable bonds is 4. The van der Waals surface area contributed by atoms with Crippen LogP contribution in [0.3, 0.4) is 0 Å². The third-order valence-electron chi connectivity index (χ3n) is 4.54.